The lowest BCUT2D eigenvalue weighted by molar-refractivity contribution is 0.275. The van der Waals surface area contributed by atoms with Crippen LogP contribution in [0.5, 0.6) is 0 Å². The molecule has 0 unspecified atom stereocenters. The first kappa shape index (κ1) is 14.5. The van der Waals surface area contributed by atoms with E-state index in [2.05, 4.69) is 4.72 Å². The first-order valence-electron chi connectivity index (χ1n) is 6.51. The Morgan fingerprint density at radius 3 is 2.63 bits per heavy atom. The summed E-state index contributed by atoms with van der Waals surface area (Å²) in [5, 5.41) is 0. The number of piperidine rings is 1. The van der Waals surface area contributed by atoms with Crippen LogP contribution in [0.4, 0.5) is 0 Å². The molecular weight excluding hydrogens is 266 g/mol. The van der Waals surface area contributed by atoms with Crippen molar-refractivity contribution in [3.05, 3.63) is 23.7 Å². The zero-order valence-electron chi connectivity index (χ0n) is 11.1. The lowest BCUT2D eigenvalue weighted by Gasteiger charge is -2.30. The molecule has 0 saturated carbocycles. The molecule has 1 aliphatic heterocycles. The van der Waals surface area contributed by atoms with Crippen molar-refractivity contribution in [3.63, 3.8) is 0 Å². The van der Waals surface area contributed by atoms with Crippen LogP contribution in [-0.2, 0) is 16.8 Å². The maximum atomic E-state index is 12.1. The number of nitrogens with zero attached hydrogens (tertiary/aromatic N) is 1. The van der Waals surface area contributed by atoms with E-state index in [0.717, 1.165) is 18.6 Å². The molecule has 0 aromatic carbocycles. The highest BCUT2D eigenvalue weighted by Crippen LogP contribution is 2.18. The van der Waals surface area contributed by atoms with Crippen molar-refractivity contribution in [3.8, 4) is 0 Å². The molecule has 7 heteroatoms. The highest BCUT2D eigenvalue weighted by Gasteiger charge is 2.27. The van der Waals surface area contributed by atoms with Gasteiger partial charge in [-0.3, -0.25) is 0 Å². The third-order valence-electron chi connectivity index (χ3n) is 3.47. The molecule has 0 atom stereocenters. The summed E-state index contributed by atoms with van der Waals surface area (Å²) in [6.45, 7) is 3.72. The van der Waals surface area contributed by atoms with Gasteiger partial charge < -0.3 is 10.2 Å². The van der Waals surface area contributed by atoms with E-state index in [1.54, 1.807) is 6.07 Å². The van der Waals surface area contributed by atoms with Crippen LogP contribution >= 0.6 is 0 Å². The molecule has 1 aliphatic rings. The van der Waals surface area contributed by atoms with Crippen molar-refractivity contribution >= 4 is 10.2 Å². The molecule has 0 radical (unpaired) electrons. The molecule has 1 saturated heterocycles. The minimum absolute atomic E-state index is 0.187. The third-order valence-corrected chi connectivity index (χ3v) is 5.03. The second kappa shape index (κ2) is 6.04. The Kier molecular flexibility index (Phi) is 4.62. The van der Waals surface area contributed by atoms with Gasteiger partial charge in [-0.25, -0.2) is 0 Å². The predicted molar refractivity (Wildman–Crippen MR) is 72.6 cm³/mol. The largest absolute Gasteiger partial charge is 0.465 e. The highest BCUT2D eigenvalue weighted by atomic mass is 32.2. The first-order chi connectivity index (χ1) is 9.01. The van der Waals surface area contributed by atoms with Crippen LogP contribution in [0.15, 0.2) is 16.5 Å². The van der Waals surface area contributed by atoms with Gasteiger partial charge >= 0.3 is 0 Å². The monoisotopic (exact) mass is 287 g/mol. The van der Waals surface area contributed by atoms with E-state index in [0.29, 0.717) is 31.3 Å². The van der Waals surface area contributed by atoms with Gasteiger partial charge in [0.25, 0.3) is 10.2 Å². The number of nitrogens with two attached hydrogens (primary N) is 1. The minimum atomic E-state index is -3.42. The van der Waals surface area contributed by atoms with Crippen molar-refractivity contribution in [2.24, 2.45) is 11.7 Å². The molecule has 1 aromatic rings. The van der Waals surface area contributed by atoms with Gasteiger partial charge in [-0.05, 0) is 44.4 Å². The van der Waals surface area contributed by atoms with Gasteiger partial charge in [0.1, 0.15) is 11.5 Å². The Balaban J connectivity index is 1.88. The molecule has 6 nitrogen and oxygen atoms in total. The first-order valence-corrected chi connectivity index (χ1v) is 7.95. The summed E-state index contributed by atoms with van der Waals surface area (Å²) in [4.78, 5) is 0. The number of hydrogen-bond acceptors (Lipinski definition) is 4. The van der Waals surface area contributed by atoms with E-state index in [4.69, 9.17) is 10.2 Å². The summed E-state index contributed by atoms with van der Waals surface area (Å²) in [5.74, 6) is 1.84. The van der Waals surface area contributed by atoms with Crippen LogP contribution in [-0.4, -0.2) is 32.4 Å². The zero-order chi connectivity index (χ0) is 13.9. The topological polar surface area (TPSA) is 88.6 Å². The van der Waals surface area contributed by atoms with Gasteiger partial charge in [-0.2, -0.15) is 17.4 Å². The van der Waals surface area contributed by atoms with Crippen LogP contribution in [0.3, 0.4) is 0 Å². The molecule has 1 aromatic heterocycles. The molecule has 1 fully saturated rings. The quantitative estimate of drug-likeness (QED) is 0.829. The number of hydrogen-bond donors (Lipinski definition) is 2. The standard InChI is InChI=1S/C12H21N3O3S/c1-10-2-3-12(18-10)9-14-19(16,17)15-6-4-11(8-13)5-7-15/h2-3,11,14H,4-9,13H2,1H3. The molecule has 108 valence electrons. The minimum Gasteiger partial charge on any atom is -0.465 e. The van der Waals surface area contributed by atoms with Crippen LogP contribution < -0.4 is 10.5 Å². The SMILES string of the molecule is Cc1ccc(CNS(=O)(=O)N2CCC(CN)CC2)o1. The van der Waals surface area contributed by atoms with Gasteiger partial charge in [0.15, 0.2) is 0 Å². The number of rotatable bonds is 5. The fourth-order valence-electron chi connectivity index (χ4n) is 2.22. The Hall–Kier alpha value is -0.890. The maximum Gasteiger partial charge on any atom is 0.279 e. The van der Waals surface area contributed by atoms with Gasteiger partial charge in [0, 0.05) is 13.1 Å². The average molecular weight is 287 g/mol. The van der Waals surface area contributed by atoms with E-state index in [9.17, 15) is 8.42 Å². The number of furan rings is 1. The zero-order valence-corrected chi connectivity index (χ0v) is 11.9. The summed E-state index contributed by atoms with van der Waals surface area (Å²) in [7, 11) is -3.42. The molecular formula is C12H21N3O3S. The normalized spacial score (nSPS) is 18.8. The summed E-state index contributed by atoms with van der Waals surface area (Å²) in [5.41, 5.74) is 5.60. The Morgan fingerprint density at radius 1 is 1.42 bits per heavy atom. The van der Waals surface area contributed by atoms with Gasteiger partial charge in [-0.15, -0.1) is 0 Å². The number of nitrogens with one attached hydrogen (secondary N) is 1. The van der Waals surface area contributed by atoms with Crippen molar-refractivity contribution < 1.29 is 12.8 Å². The lowest BCUT2D eigenvalue weighted by atomic mass is 9.99. The van der Waals surface area contributed by atoms with Gasteiger partial charge in [0.05, 0.1) is 6.54 Å². The second-order valence-electron chi connectivity index (χ2n) is 4.92. The predicted octanol–water partition coefficient (Wildman–Crippen LogP) is 0.593. The van der Waals surface area contributed by atoms with Crippen molar-refractivity contribution in [2.75, 3.05) is 19.6 Å². The van der Waals surface area contributed by atoms with Crippen molar-refractivity contribution in [2.45, 2.75) is 26.3 Å². The third kappa shape index (κ3) is 3.79. The van der Waals surface area contributed by atoms with E-state index < -0.39 is 10.2 Å². The second-order valence-corrected chi connectivity index (χ2v) is 6.67. The highest BCUT2D eigenvalue weighted by molar-refractivity contribution is 7.87. The lowest BCUT2D eigenvalue weighted by Crippen LogP contribution is -2.45. The fraction of sp³-hybridized carbons (Fsp3) is 0.667. The summed E-state index contributed by atoms with van der Waals surface area (Å²) < 4.78 is 33.6. The molecule has 0 aliphatic carbocycles. The molecule has 3 N–H and O–H groups in total. The van der Waals surface area contributed by atoms with E-state index in [-0.39, 0.29) is 6.54 Å². The Morgan fingerprint density at radius 2 is 2.11 bits per heavy atom. The Bertz CT molecular complexity index is 504. The average Bonchev–Trinajstić information content (AvgIpc) is 2.82. The van der Waals surface area contributed by atoms with Crippen molar-refractivity contribution in [1.82, 2.24) is 9.03 Å². The molecule has 2 heterocycles. The smallest absolute Gasteiger partial charge is 0.279 e. The van der Waals surface area contributed by atoms with Crippen molar-refractivity contribution in [1.29, 1.82) is 0 Å². The fourth-order valence-corrected chi connectivity index (χ4v) is 3.42. The molecule has 19 heavy (non-hydrogen) atoms. The molecule has 0 amide bonds. The van der Waals surface area contributed by atoms with Gasteiger partial charge in [-0.1, -0.05) is 0 Å². The van der Waals surface area contributed by atoms with Crippen LogP contribution in [0.2, 0.25) is 0 Å². The molecule has 0 bridgehead atoms. The summed E-state index contributed by atoms with van der Waals surface area (Å²) in [6, 6.07) is 3.59. The molecule has 0 spiro atoms. The summed E-state index contributed by atoms with van der Waals surface area (Å²) in [6.07, 6.45) is 1.66. The molecule has 2 rings (SSSR count). The summed E-state index contributed by atoms with van der Waals surface area (Å²) >= 11 is 0. The Labute approximate surface area is 114 Å². The van der Waals surface area contributed by atoms with E-state index in [1.165, 1.54) is 4.31 Å². The van der Waals surface area contributed by atoms with Crippen LogP contribution in [0.1, 0.15) is 24.4 Å². The maximum absolute atomic E-state index is 12.1. The van der Waals surface area contributed by atoms with Gasteiger partial charge in [0.2, 0.25) is 0 Å². The van der Waals surface area contributed by atoms with E-state index >= 15 is 0 Å². The van der Waals surface area contributed by atoms with Crippen LogP contribution in [0, 0.1) is 12.8 Å². The van der Waals surface area contributed by atoms with E-state index in [1.807, 2.05) is 13.0 Å². The van der Waals surface area contributed by atoms with Crippen LogP contribution in [0.25, 0.3) is 0 Å². The number of aryl methyl sites for hydroxylation is 1.